The zero-order chi connectivity index (χ0) is 30.7. The highest BCUT2D eigenvalue weighted by Crippen LogP contribution is 2.56. The summed E-state index contributed by atoms with van der Waals surface area (Å²) >= 11 is 1.58. The molecule has 3 atom stereocenters. The van der Waals surface area contributed by atoms with Crippen LogP contribution < -0.4 is 26.4 Å². The number of hydrogen-bond acceptors (Lipinski definition) is 7. The molecule has 0 saturated carbocycles. The Bertz CT molecular complexity index is 1540. The van der Waals surface area contributed by atoms with Gasteiger partial charge in [0.1, 0.15) is 23.6 Å². The first-order valence-corrected chi connectivity index (χ1v) is 15.8. The second-order valence-electron chi connectivity index (χ2n) is 11.4. The second kappa shape index (κ2) is 12.7. The van der Waals surface area contributed by atoms with E-state index in [0.29, 0.717) is 48.1 Å². The molecule has 2 aliphatic heterocycles. The maximum Gasteiger partial charge on any atom is 0.246 e. The molecule has 0 radical (unpaired) electrons. The fourth-order valence-corrected chi connectivity index (χ4v) is 6.28. The number of carbonyl (C=O) groups excluding carboxylic acids is 3. The van der Waals surface area contributed by atoms with E-state index in [-0.39, 0.29) is 23.6 Å². The number of carbonyl (C=O) groups is 3. The molecule has 1 spiro atoms. The van der Waals surface area contributed by atoms with Crippen LogP contribution in [0.2, 0.25) is 0 Å². The van der Waals surface area contributed by atoms with Gasteiger partial charge in [0.05, 0.1) is 6.61 Å². The van der Waals surface area contributed by atoms with Crippen molar-refractivity contribution < 1.29 is 23.9 Å². The number of ether oxygens (including phenoxy) is 2. The SMILES string of the molecule is CSCC[C@H](NC(=O)[C@H](CC(C)C)NC(C)=O)C(=O)Nc1ccc2c(c1)Oc1cc(N)ccc1C21OCc2ccccc21. The van der Waals surface area contributed by atoms with Crippen molar-refractivity contribution in [3.05, 3.63) is 82.9 Å². The van der Waals surface area contributed by atoms with E-state index in [4.69, 9.17) is 15.2 Å². The lowest BCUT2D eigenvalue weighted by Gasteiger charge is -2.37. The zero-order valence-electron chi connectivity index (χ0n) is 24.9. The average molecular weight is 603 g/mol. The molecule has 0 saturated heterocycles. The van der Waals surface area contributed by atoms with Crippen molar-refractivity contribution >= 4 is 40.9 Å². The fraction of sp³-hybridized carbons (Fsp3) is 0.364. The lowest BCUT2D eigenvalue weighted by Crippen LogP contribution is -2.52. The van der Waals surface area contributed by atoms with Gasteiger partial charge in [-0.3, -0.25) is 14.4 Å². The molecule has 5 rings (SSSR count). The van der Waals surface area contributed by atoms with Gasteiger partial charge in [-0.05, 0) is 66.2 Å². The molecule has 10 heteroatoms. The molecule has 43 heavy (non-hydrogen) atoms. The van der Waals surface area contributed by atoms with Gasteiger partial charge >= 0.3 is 0 Å². The van der Waals surface area contributed by atoms with Crippen LogP contribution in [0, 0.1) is 5.92 Å². The van der Waals surface area contributed by atoms with E-state index < -0.39 is 17.7 Å². The van der Waals surface area contributed by atoms with Crippen LogP contribution >= 0.6 is 11.8 Å². The Morgan fingerprint density at radius 2 is 1.65 bits per heavy atom. The normalized spacial score (nSPS) is 17.7. The van der Waals surface area contributed by atoms with Crippen LogP contribution in [0.4, 0.5) is 11.4 Å². The van der Waals surface area contributed by atoms with Crippen LogP contribution in [0.5, 0.6) is 11.5 Å². The molecule has 1 unspecified atom stereocenters. The van der Waals surface area contributed by atoms with Crippen molar-refractivity contribution in [1.82, 2.24) is 10.6 Å². The van der Waals surface area contributed by atoms with E-state index >= 15 is 0 Å². The number of amides is 3. The van der Waals surface area contributed by atoms with E-state index in [1.54, 1.807) is 23.9 Å². The molecule has 0 aliphatic carbocycles. The van der Waals surface area contributed by atoms with E-state index in [1.165, 1.54) is 6.92 Å². The van der Waals surface area contributed by atoms with E-state index in [2.05, 4.69) is 28.1 Å². The summed E-state index contributed by atoms with van der Waals surface area (Å²) in [7, 11) is 0. The van der Waals surface area contributed by atoms with Gasteiger partial charge in [0.2, 0.25) is 17.7 Å². The van der Waals surface area contributed by atoms with Gasteiger partial charge in [-0.2, -0.15) is 11.8 Å². The van der Waals surface area contributed by atoms with E-state index in [0.717, 1.165) is 22.3 Å². The number of rotatable bonds is 10. The molecular formula is C33H38N4O5S. The molecule has 2 heterocycles. The lowest BCUT2D eigenvalue weighted by atomic mass is 9.77. The smallest absolute Gasteiger partial charge is 0.246 e. The summed E-state index contributed by atoms with van der Waals surface area (Å²) in [5, 5.41) is 8.55. The Labute approximate surface area is 256 Å². The Kier molecular flexibility index (Phi) is 8.98. The van der Waals surface area contributed by atoms with E-state index in [9.17, 15) is 14.4 Å². The number of hydrogen-bond donors (Lipinski definition) is 4. The van der Waals surface area contributed by atoms with Crippen molar-refractivity contribution in [2.75, 3.05) is 23.1 Å². The maximum atomic E-state index is 13.5. The summed E-state index contributed by atoms with van der Waals surface area (Å²) in [6, 6.07) is 17.7. The quantitative estimate of drug-likeness (QED) is 0.242. The molecule has 2 aliphatic rings. The minimum absolute atomic E-state index is 0.177. The topological polar surface area (TPSA) is 132 Å². The summed E-state index contributed by atoms with van der Waals surface area (Å²) in [5.41, 5.74) is 10.2. The van der Waals surface area contributed by atoms with Crippen molar-refractivity contribution in [3.8, 4) is 11.5 Å². The summed E-state index contributed by atoms with van der Waals surface area (Å²) in [4.78, 5) is 38.5. The van der Waals surface area contributed by atoms with Gasteiger partial charge in [-0.15, -0.1) is 0 Å². The number of thioether (sulfide) groups is 1. The molecule has 3 aromatic carbocycles. The molecule has 0 aromatic heterocycles. The molecule has 5 N–H and O–H groups in total. The number of nitrogens with two attached hydrogens (primary N) is 1. The Balaban J connectivity index is 1.43. The lowest BCUT2D eigenvalue weighted by molar-refractivity contribution is -0.130. The molecule has 0 fully saturated rings. The largest absolute Gasteiger partial charge is 0.456 e. The summed E-state index contributed by atoms with van der Waals surface area (Å²) in [6.07, 6.45) is 2.83. The van der Waals surface area contributed by atoms with Crippen LogP contribution in [0.3, 0.4) is 0 Å². The predicted molar refractivity (Wildman–Crippen MR) is 169 cm³/mol. The first kappa shape index (κ1) is 30.4. The highest BCUT2D eigenvalue weighted by molar-refractivity contribution is 7.98. The van der Waals surface area contributed by atoms with Crippen LogP contribution in [0.25, 0.3) is 0 Å². The van der Waals surface area contributed by atoms with Gasteiger partial charge in [-0.25, -0.2) is 0 Å². The highest BCUT2D eigenvalue weighted by Gasteiger charge is 2.49. The van der Waals surface area contributed by atoms with Crippen molar-refractivity contribution in [3.63, 3.8) is 0 Å². The van der Waals surface area contributed by atoms with Gasteiger partial charge in [0, 0.05) is 41.6 Å². The Morgan fingerprint density at radius 3 is 2.37 bits per heavy atom. The van der Waals surface area contributed by atoms with Crippen LogP contribution in [0.1, 0.15) is 55.9 Å². The highest BCUT2D eigenvalue weighted by atomic mass is 32.2. The maximum absolute atomic E-state index is 13.5. The number of anilines is 2. The molecule has 0 bridgehead atoms. The number of benzene rings is 3. The fourth-order valence-electron chi connectivity index (χ4n) is 5.81. The third-order valence-electron chi connectivity index (χ3n) is 7.72. The predicted octanol–water partition coefficient (Wildman–Crippen LogP) is 4.92. The average Bonchev–Trinajstić information content (AvgIpc) is 3.34. The molecule has 3 aromatic rings. The first-order valence-electron chi connectivity index (χ1n) is 14.4. The minimum atomic E-state index is -0.875. The van der Waals surface area contributed by atoms with Crippen LogP contribution in [-0.4, -0.2) is 41.8 Å². The third kappa shape index (κ3) is 6.21. The first-order chi connectivity index (χ1) is 20.6. The van der Waals surface area contributed by atoms with Crippen LogP contribution in [-0.2, 0) is 31.3 Å². The van der Waals surface area contributed by atoms with Crippen molar-refractivity contribution in [1.29, 1.82) is 0 Å². The summed E-state index contributed by atoms with van der Waals surface area (Å²) < 4.78 is 12.9. The number of nitrogens with one attached hydrogen (secondary N) is 3. The minimum Gasteiger partial charge on any atom is -0.456 e. The monoisotopic (exact) mass is 602 g/mol. The molecule has 9 nitrogen and oxygen atoms in total. The standard InChI is InChI=1S/C33H38N4O5S/c1-19(2)15-28(35-20(3)38)32(40)37-27(13-14-43-4)31(39)36-23-10-12-26-30(17-23)42-29-16-22(34)9-11-25(29)33(26)24-8-6-5-7-21(24)18-41-33/h5-12,16-17,19,27-28H,13-15,18,34H2,1-4H3,(H,35,38)(H,36,39)(H,37,40)/t27-,28-,33?/m0/s1. The zero-order valence-corrected chi connectivity index (χ0v) is 25.7. The third-order valence-corrected chi connectivity index (χ3v) is 8.36. The molecular weight excluding hydrogens is 564 g/mol. The second-order valence-corrected chi connectivity index (χ2v) is 12.4. The van der Waals surface area contributed by atoms with E-state index in [1.807, 2.05) is 56.5 Å². The Morgan fingerprint density at radius 1 is 0.930 bits per heavy atom. The number of fused-ring (bicyclic) bond motifs is 6. The van der Waals surface area contributed by atoms with Gasteiger partial charge in [0.25, 0.3) is 0 Å². The van der Waals surface area contributed by atoms with Crippen molar-refractivity contribution in [2.45, 2.75) is 57.9 Å². The van der Waals surface area contributed by atoms with Gasteiger partial charge in [-0.1, -0.05) is 38.1 Å². The Hall–Kier alpha value is -4.02. The number of nitrogen functional groups attached to an aromatic ring is 1. The van der Waals surface area contributed by atoms with Gasteiger partial charge in [0.15, 0.2) is 5.60 Å². The van der Waals surface area contributed by atoms with Crippen LogP contribution in [0.15, 0.2) is 60.7 Å². The van der Waals surface area contributed by atoms with Gasteiger partial charge < -0.3 is 31.2 Å². The molecule has 3 amide bonds. The van der Waals surface area contributed by atoms with Crippen molar-refractivity contribution in [2.24, 2.45) is 5.92 Å². The summed E-state index contributed by atoms with van der Waals surface area (Å²) in [5.74, 6) is 0.939. The molecule has 226 valence electrons. The summed E-state index contributed by atoms with van der Waals surface area (Å²) in [6.45, 7) is 5.78.